The summed E-state index contributed by atoms with van der Waals surface area (Å²) in [6.07, 6.45) is -3.58. The van der Waals surface area contributed by atoms with Crippen LogP contribution in [0.2, 0.25) is 0 Å². The minimum Gasteiger partial charge on any atom is -0.371 e. The average Bonchev–Trinajstić information content (AvgIpc) is 2.45. The maximum Gasteiger partial charge on any atom is 0.393 e. The number of hydrogen-bond acceptors (Lipinski definition) is 2. The number of nitrogens with one attached hydrogen (secondary N) is 1. The van der Waals surface area contributed by atoms with Crippen molar-refractivity contribution >= 4 is 5.69 Å². The molecule has 2 unspecified atom stereocenters. The number of piperidine rings is 1. The van der Waals surface area contributed by atoms with Gasteiger partial charge in [0, 0.05) is 30.4 Å². The standard InChI is InChI=1S/C15H20F4N2/c1-10(20-2)14-12(16)6-3-7-13(14)21-8-4-5-11(9-21)15(17,18)19/h3,6-7,10-11,20H,4-5,8-9H2,1-2H3. The maximum absolute atomic E-state index is 14.1. The van der Waals surface area contributed by atoms with Gasteiger partial charge in [-0.2, -0.15) is 13.2 Å². The van der Waals surface area contributed by atoms with Crippen LogP contribution in [0.25, 0.3) is 0 Å². The molecule has 1 aliphatic heterocycles. The van der Waals surface area contributed by atoms with Crippen LogP contribution >= 0.6 is 0 Å². The van der Waals surface area contributed by atoms with Crippen LogP contribution in [-0.4, -0.2) is 26.3 Å². The molecular weight excluding hydrogens is 284 g/mol. The van der Waals surface area contributed by atoms with Gasteiger partial charge < -0.3 is 10.2 Å². The molecule has 1 aliphatic rings. The first-order valence-electron chi connectivity index (χ1n) is 7.12. The lowest BCUT2D eigenvalue weighted by Crippen LogP contribution is -2.42. The molecule has 2 atom stereocenters. The van der Waals surface area contributed by atoms with Crippen molar-refractivity contribution in [2.45, 2.75) is 32.0 Å². The third-order valence-electron chi connectivity index (χ3n) is 4.12. The number of halogens is 4. The zero-order chi connectivity index (χ0) is 15.6. The fraction of sp³-hybridized carbons (Fsp3) is 0.600. The summed E-state index contributed by atoms with van der Waals surface area (Å²) in [6.45, 7) is 2.23. The van der Waals surface area contributed by atoms with Crippen LogP contribution in [0.15, 0.2) is 18.2 Å². The van der Waals surface area contributed by atoms with E-state index in [1.807, 2.05) is 0 Å². The molecule has 2 nitrogen and oxygen atoms in total. The zero-order valence-corrected chi connectivity index (χ0v) is 12.2. The summed E-state index contributed by atoms with van der Waals surface area (Å²) in [7, 11) is 1.70. The van der Waals surface area contributed by atoms with Crippen molar-refractivity contribution in [1.82, 2.24) is 5.32 Å². The Morgan fingerprint density at radius 3 is 2.67 bits per heavy atom. The first-order valence-corrected chi connectivity index (χ1v) is 7.12. The molecule has 0 amide bonds. The summed E-state index contributed by atoms with van der Waals surface area (Å²) in [6, 6.07) is 4.34. The van der Waals surface area contributed by atoms with E-state index in [9.17, 15) is 17.6 Å². The third kappa shape index (κ3) is 3.48. The molecule has 118 valence electrons. The van der Waals surface area contributed by atoms with Crippen LogP contribution in [0.3, 0.4) is 0 Å². The van der Waals surface area contributed by atoms with E-state index in [1.165, 1.54) is 6.07 Å². The second kappa shape index (κ2) is 6.22. The topological polar surface area (TPSA) is 15.3 Å². The Bertz CT molecular complexity index is 487. The van der Waals surface area contributed by atoms with Gasteiger partial charge in [-0.05, 0) is 38.9 Å². The minimum atomic E-state index is -4.19. The van der Waals surface area contributed by atoms with Gasteiger partial charge in [0.15, 0.2) is 0 Å². The quantitative estimate of drug-likeness (QED) is 0.852. The van der Waals surface area contributed by atoms with E-state index >= 15 is 0 Å². The van der Waals surface area contributed by atoms with Crippen molar-refractivity contribution in [2.75, 3.05) is 25.0 Å². The van der Waals surface area contributed by atoms with E-state index in [-0.39, 0.29) is 24.8 Å². The van der Waals surface area contributed by atoms with Crippen molar-refractivity contribution in [2.24, 2.45) is 5.92 Å². The first-order chi connectivity index (χ1) is 9.84. The van der Waals surface area contributed by atoms with E-state index in [1.54, 1.807) is 31.0 Å². The average molecular weight is 304 g/mol. The molecule has 0 aromatic heterocycles. The molecule has 1 aromatic carbocycles. The highest BCUT2D eigenvalue weighted by atomic mass is 19.4. The molecule has 0 saturated carbocycles. The summed E-state index contributed by atoms with van der Waals surface area (Å²) in [5.41, 5.74) is 0.994. The van der Waals surface area contributed by atoms with Crippen molar-refractivity contribution in [3.63, 3.8) is 0 Å². The van der Waals surface area contributed by atoms with Crippen LogP contribution < -0.4 is 10.2 Å². The number of nitrogens with zero attached hydrogens (tertiary/aromatic N) is 1. The Balaban J connectivity index is 2.31. The van der Waals surface area contributed by atoms with Crippen LogP contribution in [0.5, 0.6) is 0 Å². The maximum atomic E-state index is 14.1. The highest BCUT2D eigenvalue weighted by Crippen LogP contribution is 2.37. The lowest BCUT2D eigenvalue weighted by atomic mass is 9.95. The normalized spacial score (nSPS) is 21.4. The number of anilines is 1. The molecule has 2 rings (SSSR count). The number of rotatable bonds is 3. The summed E-state index contributed by atoms with van der Waals surface area (Å²) in [5, 5.41) is 2.95. The van der Waals surface area contributed by atoms with Crippen LogP contribution in [-0.2, 0) is 0 Å². The Kier molecular flexibility index (Phi) is 4.76. The summed E-state index contributed by atoms with van der Waals surface area (Å²) in [5.74, 6) is -1.73. The van der Waals surface area contributed by atoms with Crippen molar-refractivity contribution in [3.05, 3.63) is 29.6 Å². The van der Waals surface area contributed by atoms with Gasteiger partial charge in [0.1, 0.15) is 5.82 Å². The Morgan fingerprint density at radius 2 is 2.05 bits per heavy atom. The van der Waals surface area contributed by atoms with E-state index in [4.69, 9.17) is 0 Å². The molecular formula is C15H20F4N2. The lowest BCUT2D eigenvalue weighted by molar-refractivity contribution is -0.176. The molecule has 0 radical (unpaired) electrons. The predicted molar refractivity (Wildman–Crippen MR) is 74.9 cm³/mol. The molecule has 6 heteroatoms. The summed E-state index contributed by atoms with van der Waals surface area (Å²) in [4.78, 5) is 1.66. The smallest absolute Gasteiger partial charge is 0.371 e. The monoisotopic (exact) mass is 304 g/mol. The van der Waals surface area contributed by atoms with Gasteiger partial charge in [0.2, 0.25) is 0 Å². The van der Waals surface area contributed by atoms with Crippen LogP contribution in [0.1, 0.15) is 31.4 Å². The lowest BCUT2D eigenvalue weighted by Gasteiger charge is -2.37. The molecule has 0 bridgehead atoms. The van der Waals surface area contributed by atoms with Gasteiger partial charge in [-0.3, -0.25) is 0 Å². The number of hydrogen-bond donors (Lipinski definition) is 1. The van der Waals surface area contributed by atoms with E-state index in [2.05, 4.69) is 5.32 Å². The Morgan fingerprint density at radius 1 is 1.33 bits per heavy atom. The molecule has 0 aliphatic carbocycles. The van der Waals surface area contributed by atoms with Crippen LogP contribution in [0, 0.1) is 11.7 Å². The van der Waals surface area contributed by atoms with Gasteiger partial charge in [0.25, 0.3) is 0 Å². The van der Waals surface area contributed by atoms with Crippen molar-refractivity contribution in [1.29, 1.82) is 0 Å². The fourth-order valence-electron chi connectivity index (χ4n) is 2.84. The predicted octanol–water partition coefficient (Wildman–Crippen LogP) is 3.88. The summed E-state index contributed by atoms with van der Waals surface area (Å²) >= 11 is 0. The Hall–Kier alpha value is -1.30. The molecule has 1 heterocycles. The molecule has 0 spiro atoms. The van der Waals surface area contributed by atoms with E-state index in [0.29, 0.717) is 24.2 Å². The zero-order valence-electron chi connectivity index (χ0n) is 12.2. The largest absolute Gasteiger partial charge is 0.393 e. The molecule has 21 heavy (non-hydrogen) atoms. The van der Waals surface area contributed by atoms with Crippen molar-refractivity contribution in [3.8, 4) is 0 Å². The Labute approximate surface area is 122 Å². The van der Waals surface area contributed by atoms with Gasteiger partial charge >= 0.3 is 6.18 Å². The highest BCUT2D eigenvalue weighted by Gasteiger charge is 2.42. The molecule has 1 fully saturated rings. The second-order valence-corrected chi connectivity index (χ2v) is 5.51. The summed E-state index contributed by atoms with van der Waals surface area (Å²) < 4.78 is 52.9. The van der Waals surface area contributed by atoms with Crippen LogP contribution in [0.4, 0.5) is 23.2 Å². The van der Waals surface area contributed by atoms with Gasteiger partial charge in [-0.1, -0.05) is 6.07 Å². The van der Waals surface area contributed by atoms with E-state index in [0.717, 1.165) is 0 Å². The number of alkyl halides is 3. The number of benzene rings is 1. The second-order valence-electron chi connectivity index (χ2n) is 5.51. The van der Waals surface area contributed by atoms with Crippen molar-refractivity contribution < 1.29 is 17.6 Å². The molecule has 1 saturated heterocycles. The highest BCUT2D eigenvalue weighted by molar-refractivity contribution is 5.56. The van der Waals surface area contributed by atoms with Gasteiger partial charge in [0.05, 0.1) is 5.92 Å². The molecule has 1 aromatic rings. The first kappa shape index (κ1) is 16.1. The van der Waals surface area contributed by atoms with Gasteiger partial charge in [-0.25, -0.2) is 4.39 Å². The minimum absolute atomic E-state index is 0.101. The van der Waals surface area contributed by atoms with Gasteiger partial charge in [-0.15, -0.1) is 0 Å². The SMILES string of the molecule is CNC(C)c1c(F)cccc1N1CCCC(C(F)(F)F)C1. The molecule has 1 N–H and O–H groups in total. The van der Waals surface area contributed by atoms with E-state index < -0.39 is 12.1 Å². The third-order valence-corrected chi connectivity index (χ3v) is 4.12. The fourth-order valence-corrected chi connectivity index (χ4v) is 2.84.